The number of likely N-dealkylation sites (tertiary alicyclic amines) is 1. The predicted molar refractivity (Wildman–Crippen MR) is 132 cm³/mol. The average molecular weight is 486 g/mol. The summed E-state index contributed by atoms with van der Waals surface area (Å²) in [6, 6.07) is 20.1. The molecule has 5 aromatic rings. The first-order chi connectivity index (χ1) is 17.0. The number of rotatable bonds is 5. The summed E-state index contributed by atoms with van der Waals surface area (Å²) >= 11 is 0. The van der Waals surface area contributed by atoms with Crippen LogP contribution in [-0.2, 0) is 21.4 Å². The average Bonchev–Trinajstić information content (AvgIpc) is 3.51. The van der Waals surface area contributed by atoms with Crippen molar-refractivity contribution in [3.8, 4) is 0 Å². The topological polar surface area (TPSA) is 90.1 Å². The van der Waals surface area contributed by atoms with E-state index in [1.165, 1.54) is 3.97 Å². The van der Waals surface area contributed by atoms with Gasteiger partial charge in [-0.15, -0.1) is 0 Å². The Kier molecular flexibility index (Phi) is 5.14. The largest absolute Gasteiger partial charge is 0.336 e. The van der Waals surface area contributed by atoms with Crippen molar-refractivity contribution in [1.29, 1.82) is 0 Å². The van der Waals surface area contributed by atoms with E-state index in [-0.39, 0.29) is 16.8 Å². The van der Waals surface area contributed by atoms with Gasteiger partial charge in [-0.3, -0.25) is 4.79 Å². The molecule has 1 fully saturated rings. The lowest BCUT2D eigenvalue weighted by Gasteiger charge is -2.33. The number of carbonyl (C=O) groups excluding carboxylic acids is 1. The highest BCUT2D eigenvalue weighted by Gasteiger charge is 2.29. The van der Waals surface area contributed by atoms with Crippen molar-refractivity contribution in [3.63, 3.8) is 0 Å². The Labute approximate surface area is 202 Å². The SMILES string of the molecule is O=C1CCC(n2cnc3cnc4c(ccn4S(=O)(=O)c4ccccc4)c32)CN1Cc1ccccc1. The molecule has 0 saturated carbocycles. The van der Waals surface area contributed by atoms with Crippen LogP contribution < -0.4 is 0 Å². The molecule has 2 aromatic carbocycles. The molecule has 1 amide bonds. The van der Waals surface area contributed by atoms with Crippen LogP contribution in [0.15, 0.2) is 90.3 Å². The smallest absolute Gasteiger partial charge is 0.269 e. The molecule has 1 saturated heterocycles. The normalized spacial score (nSPS) is 16.9. The second-order valence-electron chi connectivity index (χ2n) is 8.76. The molecule has 4 heterocycles. The number of nitrogens with zero attached hydrogens (tertiary/aromatic N) is 5. The number of fused-ring (bicyclic) bond motifs is 3. The molecule has 176 valence electrons. The third-order valence-electron chi connectivity index (χ3n) is 6.60. The molecule has 35 heavy (non-hydrogen) atoms. The minimum absolute atomic E-state index is 0.0288. The lowest BCUT2D eigenvalue weighted by atomic mass is 10.0. The van der Waals surface area contributed by atoms with Gasteiger partial charge in [0.15, 0.2) is 5.65 Å². The maximum absolute atomic E-state index is 13.3. The van der Waals surface area contributed by atoms with E-state index >= 15 is 0 Å². The fraction of sp³-hybridized carbons (Fsp3) is 0.192. The Morgan fingerprint density at radius 1 is 0.943 bits per heavy atom. The molecule has 0 radical (unpaired) electrons. The quantitative estimate of drug-likeness (QED) is 0.376. The standard InChI is InChI=1S/C26H23N5O3S/c32-24-12-11-20(17-29(24)16-19-7-3-1-4-8-19)30-18-28-23-15-27-26-22(25(23)30)13-14-31(26)35(33,34)21-9-5-2-6-10-21/h1-10,13-15,18,20H,11-12,16-17H2. The van der Waals surface area contributed by atoms with Crippen molar-refractivity contribution in [2.75, 3.05) is 6.54 Å². The van der Waals surface area contributed by atoms with E-state index in [4.69, 9.17) is 0 Å². The molecule has 1 aliphatic heterocycles. The number of amides is 1. The monoisotopic (exact) mass is 485 g/mol. The Bertz CT molecular complexity index is 1640. The zero-order valence-electron chi connectivity index (χ0n) is 18.9. The molecule has 1 aliphatic rings. The van der Waals surface area contributed by atoms with Gasteiger partial charge in [0.2, 0.25) is 5.91 Å². The van der Waals surface area contributed by atoms with E-state index < -0.39 is 10.0 Å². The zero-order valence-corrected chi connectivity index (χ0v) is 19.7. The van der Waals surface area contributed by atoms with Crippen molar-refractivity contribution >= 4 is 38.0 Å². The van der Waals surface area contributed by atoms with Crippen molar-refractivity contribution in [2.45, 2.75) is 30.3 Å². The van der Waals surface area contributed by atoms with E-state index in [0.29, 0.717) is 42.5 Å². The molecule has 9 heteroatoms. The summed E-state index contributed by atoms with van der Waals surface area (Å²) in [5.74, 6) is 0.140. The van der Waals surface area contributed by atoms with Gasteiger partial charge in [0.25, 0.3) is 10.0 Å². The van der Waals surface area contributed by atoms with Gasteiger partial charge in [-0.05, 0) is 30.2 Å². The fourth-order valence-corrected chi connectivity index (χ4v) is 6.17. The number of pyridine rings is 1. The Hall–Kier alpha value is -3.98. The number of imidazole rings is 1. The highest BCUT2D eigenvalue weighted by molar-refractivity contribution is 7.90. The lowest BCUT2D eigenvalue weighted by Crippen LogP contribution is -2.40. The van der Waals surface area contributed by atoms with Crippen LogP contribution >= 0.6 is 0 Å². The zero-order chi connectivity index (χ0) is 24.0. The number of aromatic nitrogens is 4. The van der Waals surface area contributed by atoms with Gasteiger partial charge < -0.3 is 9.47 Å². The van der Waals surface area contributed by atoms with Gasteiger partial charge in [-0.2, -0.15) is 0 Å². The maximum atomic E-state index is 13.3. The summed E-state index contributed by atoms with van der Waals surface area (Å²) in [4.78, 5) is 23.7. The Balaban J connectivity index is 1.40. The third-order valence-corrected chi connectivity index (χ3v) is 8.28. The number of carbonyl (C=O) groups is 1. The van der Waals surface area contributed by atoms with Gasteiger partial charge >= 0.3 is 0 Å². The molecule has 0 spiro atoms. The predicted octanol–water partition coefficient (Wildman–Crippen LogP) is 3.99. The number of benzene rings is 2. The highest BCUT2D eigenvalue weighted by atomic mass is 32.2. The molecule has 3 aromatic heterocycles. The lowest BCUT2D eigenvalue weighted by molar-refractivity contribution is -0.135. The van der Waals surface area contributed by atoms with Gasteiger partial charge in [-0.25, -0.2) is 22.4 Å². The van der Waals surface area contributed by atoms with Gasteiger partial charge in [0, 0.05) is 31.1 Å². The van der Waals surface area contributed by atoms with Crippen molar-refractivity contribution in [1.82, 2.24) is 23.4 Å². The van der Waals surface area contributed by atoms with Crippen LogP contribution in [0.4, 0.5) is 0 Å². The van der Waals surface area contributed by atoms with Crippen LogP contribution in [0.2, 0.25) is 0 Å². The third kappa shape index (κ3) is 3.68. The first-order valence-corrected chi connectivity index (χ1v) is 12.9. The Morgan fingerprint density at radius 3 is 2.46 bits per heavy atom. The molecule has 1 atom stereocenters. The van der Waals surface area contributed by atoms with E-state index in [0.717, 1.165) is 11.1 Å². The van der Waals surface area contributed by atoms with Crippen LogP contribution in [0, 0.1) is 0 Å². The highest BCUT2D eigenvalue weighted by Crippen LogP contribution is 2.32. The van der Waals surface area contributed by atoms with Gasteiger partial charge in [-0.1, -0.05) is 48.5 Å². The molecule has 6 rings (SSSR count). The minimum Gasteiger partial charge on any atom is -0.336 e. The van der Waals surface area contributed by atoms with Crippen LogP contribution in [0.25, 0.3) is 22.1 Å². The van der Waals surface area contributed by atoms with E-state index in [9.17, 15) is 13.2 Å². The summed E-state index contributed by atoms with van der Waals surface area (Å²) in [7, 11) is -3.79. The summed E-state index contributed by atoms with van der Waals surface area (Å²) in [6.45, 7) is 1.12. The van der Waals surface area contributed by atoms with Crippen molar-refractivity contribution < 1.29 is 13.2 Å². The minimum atomic E-state index is -3.79. The van der Waals surface area contributed by atoms with Gasteiger partial charge in [0.1, 0.15) is 5.52 Å². The van der Waals surface area contributed by atoms with E-state index in [2.05, 4.69) is 14.5 Å². The summed E-state index contributed by atoms with van der Waals surface area (Å²) < 4.78 is 29.9. The number of piperidine rings is 1. The van der Waals surface area contributed by atoms with Crippen LogP contribution in [0.3, 0.4) is 0 Å². The molecule has 0 bridgehead atoms. The molecule has 1 unspecified atom stereocenters. The second-order valence-corrected chi connectivity index (χ2v) is 10.6. The summed E-state index contributed by atoms with van der Waals surface area (Å²) in [5, 5.41) is 0.714. The van der Waals surface area contributed by atoms with E-state index in [1.807, 2.05) is 35.2 Å². The number of hydrogen-bond acceptors (Lipinski definition) is 5. The first-order valence-electron chi connectivity index (χ1n) is 11.5. The maximum Gasteiger partial charge on any atom is 0.269 e. The van der Waals surface area contributed by atoms with Crippen LogP contribution in [-0.4, -0.2) is 44.3 Å². The second kappa shape index (κ2) is 8.35. The van der Waals surface area contributed by atoms with Gasteiger partial charge in [0.05, 0.1) is 29.0 Å². The summed E-state index contributed by atoms with van der Waals surface area (Å²) in [6.07, 6.45) is 6.08. The van der Waals surface area contributed by atoms with Crippen molar-refractivity contribution in [3.05, 3.63) is 91.0 Å². The van der Waals surface area contributed by atoms with Crippen LogP contribution in [0.5, 0.6) is 0 Å². The molecule has 8 nitrogen and oxygen atoms in total. The summed E-state index contributed by atoms with van der Waals surface area (Å²) in [5.41, 5.74) is 2.97. The molecule has 0 N–H and O–H groups in total. The molecular formula is C26H23N5O3S. The van der Waals surface area contributed by atoms with Crippen molar-refractivity contribution in [2.24, 2.45) is 0 Å². The first kappa shape index (κ1) is 21.5. The van der Waals surface area contributed by atoms with E-state index in [1.54, 1.807) is 55.1 Å². The number of hydrogen-bond donors (Lipinski definition) is 0. The van der Waals surface area contributed by atoms with Crippen LogP contribution in [0.1, 0.15) is 24.4 Å². The fourth-order valence-electron chi connectivity index (χ4n) is 4.84. The molecule has 0 aliphatic carbocycles. The molecular weight excluding hydrogens is 462 g/mol. The Morgan fingerprint density at radius 2 is 1.69 bits per heavy atom.